The van der Waals surface area contributed by atoms with Crippen molar-refractivity contribution < 1.29 is 27.9 Å². The Morgan fingerprint density at radius 2 is 1.91 bits per heavy atom. The lowest BCUT2D eigenvalue weighted by Crippen LogP contribution is -2.30. The molecule has 6 nitrogen and oxygen atoms in total. The van der Waals surface area contributed by atoms with E-state index in [4.69, 9.17) is 21.7 Å². The maximum absolute atomic E-state index is 13.8. The molecule has 0 bridgehead atoms. The summed E-state index contributed by atoms with van der Waals surface area (Å²) in [6.07, 6.45) is 5.41. The smallest absolute Gasteiger partial charge is 0.303 e. The maximum atomic E-state index is 13.8. The van der Waals surface area contributed by atoms with Crippen LogP contribution in [0.2, 0.25) is 0 Å². The summed E-state index contributed by atoms with van der Waals surface area (Å²) in [5.41, 5.74) is 1.96. The number of furan rings is 1. The van der Waals surface area contributed by atoms with E-state index in [9.17, 15) is 18.4 Å². The highest BCUT2D eigenvalue weighted by molar-refractivity contribution is 7.78. The Balaban J connectivity index is 0.000000546. The molecular weight excluding hydrogens is 462 g/mol. The predicted octanol–water partition coefficient (Wildman–Crippen LogP) is 5.67. The molecule has 0 aliphatic rings. The molecule has 1 amide bonds. The number of hydrogen-bond acceptors (Lipinski definition) is 5. The van der Waals surface area contributed by atoms with Crippen LogP contribution in [-0.2, 0) is 9.59 Å². The van der Waals surface area contributed by atoms with Gasteiger partial charge >= 0.3 is 5.97 Å². The van der Waals surface area contributed by atoms with Gasteiger partial charge in [0.05, 0.1) is 11.1 Å². The molecule has 34 heavy (non-hydrogen) atoms. The van der Waals surface area contributed by atoms with E-state index < -0.39 is 17.6 Å². The zero-order chi connectivity index (χ0) is 25.5. The van der Waals surface area contributed by atoms with Crippen molar-refractivity contribution in [2.45, 2.75) is 46.0 Å². The van der Waals surface area contributed by atoms with Crippen LogP contribution in [0.15, 0.2) is 40.3 Å². The first kappa shape index (κ1) is 29.1. The minimum absolute atomic E-state index is 0.161. The highest BCUT2D eigenvalue weighted by Crippen LogP contribution is 2.26. The van der Waals surface area contributed by atoms with E-state index in [0.29, 0.717) is 24.3 Å². The van der Waals surface area contributed by atoms with Gasteiger partial charge in [0, 0.05) is 24.6 Å². The van der Waals surface area contributed by atoms with Gasteiger partial charge in [-0.15, -0.1) is 0 Å². The lowest BCUT2D eigenvalue weighted by atomic mass is 10.1. The van der Waals surface area contributed by atoms with Crippen LogP contribution in [0.4, 0.5) is 8.78 Å². The van der Waals surface area contributed by atoms with Gasteiger partial charge in [-0.25, -0.2) is 8.78 Å². The Kier molecular flexibility index (Phi) is 13.6. The van der Waals surface area contributed by atoms with E-state index in [1.807, 2.05) is 14.0 Å². The number of carbonyl (C=O) groups is 2. The van der Waals surface area contributed by atoms with E-state index in [0.717, 1.165) is 44.4 Å². The highest BCUT2D eigenvalue weighted by Gasteiger charge is 2.14. The third-order valence-corrected chi connectivity index (χ3v) is 4.98. The number of nitrogens with one attached hydrogen (secondary N) is 1. The van der Waals surface area contributed by atoms with Gasteiger partial charge in [-0.1, -0.05) is 25.6 Å². The predicted molar refractivity (Wildman–Crippen MR) is 133 cm³/mol. The van der Waals surface area contributed by atoms with E-state index in [2.05, 4.69) is 5.32 Å². The molecule has 0 aliphatic carbocycles. The summed E-state index contributed by atoms with van der Waals surface area (Å²) in [6, 6.07) is 6.48. The summed E-state index contributed by atoms with van der Waals surface area (Å²) in [4.78, 5) is 23.8. The van der Waals surface area contributed by atoms with E-state index in [1.54, 1.807) is 25.1 Å². The van der Waals surface area contributed by atoms with Gasteiger partial charge in [-0.3, -0.25) is 9.59 Å². The van der Waals surface area contributed by atoms with Crippen molar-refractivity contribution in [1.29, 1.82) is 0 Å². The quantitative estimate of drug-likeness (QED) is 0.225. The molecule has 1 aromatic heterocycles. The van der Waals surface area contributed by atoms with Crippen molar-refractivity contribution in [2.75, 3.05) is 20.1 Å². The number of amides is 1. The summed E-state index contributed by atoms with van der Waals surface area (Å²) in [5, 5.41) is 11.1. The molecule has 0 saturated carbocycles. The molecule has 2 aromatic rings. The number of aliphatic carboxylic acids is 1. The maximum Gasteiger partial charge on any atom is 0.303 e. The van der Waals surface area contributed by atoms with E-state index >= 15 is 0 Å². The molecule has 0 unspecified atom stereocenters. The van der Waals surface area contributed by atoms with Crippen LogP contribution in [0.1, 0.15) is 51.7 Å². The van der Waals surface area contributed by atoms with E-state index in [1.165, 1.54) is 16.5 Å². The third-order valence-electron chi connectivity index (χ3n) is 4.73. The fourth-order valence-electron chi connectivity index (χ4n) is 2.87. The molecule has 0 atom stereocenters. The fraction of sp³-hybridized carbons (Fsp3) is 0.400. The van der Waals surface area contributed by atoms with Gasteiger partial charge in [0.2, 0.25) is 0 Å². The molecule has 9 heteroatoms. The van der Waals surface area contributed by atoms with Crippen molar-refractivity contribution in [3.05, 3.63) is 53.3 Å². The Hall–Kier alpha value is -2.91. The molecule has 1 aromatic carbocycles. The third kappa shape index (κ3) is 10.4. The molecule has 0 fully saturated rings. The number of benzene rings is 1. The SMILES string of the molecule is CCCCN(C=S)C(=O)/C(C)=C/c1ccc(-c2ccc(F)cc2F)o1.CNCCCCC(=O)O. The number of carbonyl (C=O) groups excluding carboxylic acids is 1. The number of thiocarbonyl (C=S) groups is 1. The standard InChI is InChI=1S/C19H19F2NO2S.C6H13NO2/c1-3-4-9-22(12-25)19(23)13(2)10-15-6-8-18(24-15)16-7-5-14(20)11-17(16)21;1-7-5-3-2-4-6(8)9/h5-8,10-12H,3-4,9H2,1-2H3;7H,2-5H2,1H3,(H,8,9)/b13-10+;. The first-order valence-electron chi connectivity index (χ1n) is 11.1. The van der Waals surface area contributed by atoms with Crippen molar-refractivity contribution in [3.8, 4) is 11.3 Å². The highest BCUT2D eigenvalue weighted by atomic mass is 32.1. The summed E-state index contributed by atoms with van der Waals surface area (Å²) < 4.78 is 32.4. The molecule has 0 saturated heterocycles. The molecule has 2 rings (SSSR count). The average molecular weight is 495 g/mol. The van der Waals surface area contributed by atoms with Gasteiger partial charge in [0.25, 0.3) is 5.91 Å². The molecular formula is C25H32F2N2O4S. The lowest BCUT2D eigenvalue weighted by Gasteiger charge is -2.16. The number of carboxylic acid groups (broad SMARTS) is 1. The Labute approximate surface area is 204 Å². The average Bonchev–Trinajstić information content (AvgIpc) is 3.25. The number of hydrogen-bond donors (Lipinski definition) is 2. The fourth-order valence-corrected chi connectivity index (χ4v) is 3.08. The minimum Gasteiger partial charge on any atom is -0.481 e. The van der Waals surface area contributed by atoms with Crippen LogP contribution >= 0.6 is 12.2 Å². The number of carboxylic acids is 1. The zero-order valence-corrected chi connectivity index (χ0v) is 20.6. The number of rotatable bonds is 12. The molecule has 1 heterocycles. The van der Waals surface area contributed by atoms with Gasteiger partial charge in [-0.05, 0) is 70.1 Å². The van der Waals surface area contributed by atoms with Crippen LogP contribution in [0.25, 0.3) is 17.4 Å². The first-order chi connectivity index (χ1) is 16.2. The Bertz CT molecular complexity index is 976. The summed E-state index contributed by atoms with van der Waals surface area (Å²) in [5.74, 6) is -1.59. The molecule has 0 aliphatic heterocycles. The van der Waals surface area contributed by atoms with Crippen LogP contribution in [-0.4, -0.2) is 47.5 Å². The summed E-state index contributed by atoms with van der Waals surface area (Å²) in [6.45, 7) is 5.18. The minimum atomic E-state index is -0.705. The molecule has 0 radical (unpaired) electrons. The molecule has 2 N–H and O–H groups in total. The topological polar surface area (TPSA) is 82.8 Å². The van der Waals surface area contributed by atoms with Crippen molar-refractivity contribution in [3.63, 3.8) is 0 Å². The van der Waals surface area contributed by atoms with Gasteiger partial charge in [-0.2, -0.15) is 0 Å². The largest absolute Gasteiger partial charge is 0.481 e. The van der Waals surface area contributed by atoms with Crippen molar-refractivity contribution in [1.82, 2.24) is 10.2 Å². The van der Waals surface area contributed by atoms with E-state index in [-0.39, 0.29) is 17.2 Å². The molecule has 0 spiro atoms. The monoisotopic (exact) mass is 494 g/mol. The molecule has 186 valence electrons. The normalized spacial score (nSPS) is 10.9. The van der Waals surface area contributed by atoms with Crippen LogP contribution in [0.5, 0.6) is 0 Å². The van der Waals surface area contributed by atoms with Gasteiger partial charge in [0.15, 0.2) is 0 Å². The van der Waals surface area contributed by atoms with Crippen molar-refractivity contribution in [2.24, 2.45) is 0 Å². The number of nitrogens with zero attached hydrogens (tertiary/aromatic N) is 1. The Morgan fingerprint density at radius 1 is 1.18 bits per heavy atom. The van der Waals surface area contributed by atoms with Gasteiger partial charge in [0.1, 0.15) is 23.2 Å². The van der Waals surface area contributed by atoms with Crippen LogP contribution < -0.4 is 5.32 Å². The van der Waals surface area contributed by atoms with Crippen molar-refractivity contribution >= 4 is 35.7 Å². The second kappa shape index (κ2) is 15.8. The second-order valence-electron chi connectivity index (χ2n) is 7.57. The zero-order valence-electron chi connectivity index (χ0n) is 19.8. The van der Waals surface area contributed by atoms with Crippen LogP contribution in [0.3, 0.4) is 0 Å². The van der Waals surface area contributed by atoms with Gasteiger partial charge < -0.3 is 19.7 Å². The lowest BCUT2D eigenvalue weighted by molar-refractivity contribution is -0.137. The Morgan fingerprint density at radius 3 is 2.50 bits per heavy atom. The number of unbranched alkanes of at least 4 members (excludes halogenated alkanes) is 2. The number of halogens is 2. The summed E-state index contributed by atoms with van der Waals surface area (Å²) in [7, 11) is 1.86. The summed E-state index contributed by atoms with van der Waals surface area (Å²) >= 11 is 4.90. The van der Waals surface area contributed by atoms with Crippen LogP contribution in [0, 0.1) is 11.6 Å². The second-order valence-corrected chi connectivity index (χ2v) is 7.78. The first-order valence-corrected chi connectivity index (χ1v) is 11.6.